The Morgan fingerprint density at radius 2 is 2.07 bits per heavy atom. The predicted octanol–water partition coefficient (Wildman–Crippen LogP) is 2.33. The minimum absolute atomic E-state index is 0.101. The van der Waals surface area contributed by atoms with Crippen LogP contribution in [0, 0.1) is 11.2 Å². The van der Waals surface area contributed by atoms with Gasteiger partial charge in [-0.15, -0.1) is 0 Å². The standard InChI is InChI=1S/C20H27FN2O4/c1-26-11-10-22-13-20(8-6-18(22)24)7-3-9-23(14-20)19(25)16-12-15(21)4-5-17(16)27-2/h4-5,12H,3,6-11,13-14H2,1-2H3/t20-/m1/s1. The number of methoxy groups -OCH3 is 2. The van der Waals surface area contributed by atoms with Crippen LogP contribution in [0.4, 0.5) is 4.39 Å². The summed E-state index contributed by atoms with van der Waals surface area (Å²) >= 11 is 0. The highest BCUT2D eigenvalue weighted by molar-refractivity contribution is 5.97. The van der Waals surface area contributed by atoms with Gasteiger partial charge in [-0.1, -0.05) is 0 Å². The number of carbonyl (C=O) groups excluding carboxylic acids is 2. The predicted molar refractivity (Wildman–Crippen MR) is 98.2 cm³/mol. The van der Waals surface area contributed by atoms with Crippen LogP contribution in [-0.2, 0) is 9.53 Å². The summed E-state index contributed by atoms with van der Waals surface area (Å²) in [4.78, 5) is 28.9. The topological polar surface area (TPSA) is 59.1 Å². The van der Waals surface area contributed by atoms with Crippen LogP contribution in [0.1, 0.15) is 36.0 Å². The number of likely N-dealkylation sites (tertiary alicyclic amines) is 2. The third-order valence-electron chi connectivity index (χ3n) is 5.65. The van der Waals surface area contributed by atoms with Gasteiger partial charge >= 0.3 is 0 Å². The van der Waals surface area contributed by atoms with Crippen molar-refractivity contribution >= 4 is 11.8 Å². The Hall–Kier alpha value is -2.15. The van der Waals surface area contributed by atoms with E-state index in [1.54, 1.807) is 12.0 Å². The van der Waals surface area contributed by atoms with Crippen molar-refractivity contribution in [2.75, 3.05) is 47.0 Å². The molecule has 2 fully saturated rings. The fourth-order valence-corrected chi connectivity index (χ4v) is 4.24. The second-order valence-electron chi connectivity index (χ2n) is 7.48. The Kier molecular flexibility index (Phi) is 5.99. The van der Waals surface area contributed by atoms with Crippen molar-refractivity contribution in [3.05, 3.63) is 29.6 Å². The smallest absolute Gasteiger partial charge is 0.257 e. The maximum atomic E-state index is 13.7. The first-order chi connectivity index (χ1) is 13.0. The van der Waals surface area contributed by atoms with Crippen LogP contribution in [0.25, 0.3) is 0 Å². The molecule has 27 heavy (non-hydrogen) atoms. The second kappa shape index (κ2) is 8.25. The van der Waals surface area contributed by atoms with Crippen LogP contribution in [0.15, 0.2) is 18.2 Å². The molecule has 148 valence electrons. The molecule has 2 saturated heterocycles. The molecule has 2 aliphatic rings. The molecule has 1 aromatic carbocycles. The average Bonchev–Trinajstić information content (AvgIpc) is 2.68. The summed E-state index contributed by atoms with van der Waals surface area (Å²) in [5, 5.41) is 0. The lowest BCUT2D eigenvalue weighted by Gasteiger charge is -2.48. The maximum absolute atomic E-state index is 13.7. The zero-order chi connectivity index (χ0) is 19.4. The number of rotatable bonds is 5. The highest BCUT2D eigenvalue weighted by Crippen LogP contribution is 2.39. The van der Waals surface area contributed by atoms with E-state index in [9.17, 15) is 14.0 Å². The maximum Gasteiger partial charge on any atom is 0.257 e. The van der Waals surface area contributed by atoms with Crippen LogP contribution < -0.4 is 4.74 Å². The molecule has 0 aliphatic carbocycles. The summed E-state index contributed by atoms with van der Waals surface area (Å²) in [5.41, 5.74) is 0.147. The first-order valence-electron chi connectivity index (χ1n) is 9.37. The molecule has 0 N–H and O–H groups in total. The summed E-state index contributed by atoms with van der Waals surface area (Å²) in [6.07, 6.45) is 3.12. The molecule has 0 saturated carbocycles. The number of ether oxygens (including phenoxy) is 2. The highest BCUT2D eigenvalue weighted by atomic mass is 19.1. The summed E-state index contributed by atoms with van der Waals surface area (Å²) in [6.45, 7) is 2.92. The molecular formula is C20H27FN2O4. The van der Waals surface area contributed by atoms with Gasteiger partial charge in [0.2, 0.25) is 5.91 Å². The SMILES string of the molecule is COCCN1C[C@@]2(CCCN(C(=O)c3cc(F)ccc3OC)C2)CCC1=O. The molecule has 0 unspecified atom stereocenters. The summed E-state index contributed by atoms with van der Waals surface area (Å²) in [6, 6.07) is 4.00. The number of hydrogen-bond donors (Lipinski definition) is 0. The largest absolute Gasteiger partial charge is 0.496 e. The Morgan fingerprint density at radius 1 is 1.26 bits per heavy atom. The fraction of sp³-hybridized carbons (Fsp3) is 0.600. The minimum atomic E-state index is -0.458. The third kappa shape index (κ3) is 4.24. The van der Waals surface area contributed by atoms with Crippen molar-refractivity contribution in [2.45, 2.75) is 25.7 Å². The Morgan fingerprint density at radius 3 is 2.81 bits per heavy atom. The van der Waals surface area contributed by atoms with E-state index in [4.69, 9.17) is 9.47 Å². The van der Waals surface area contributed by atoms with E-state index in [2.05, 4.69) is 0 Å². The van der Waals surface area contributed by atoms with E-state index in [0.717, 1.165) is 19.3 Å². The van der Waals surface area contributed by atoms with Crippen molar-refractivity contribution in [1.82, 2.24) is 9.80 Å². The van der Waals surface area contributed by atoms with Crippen LogP contribution in [0.3, 0.4) is 0 Å². The molecule has 2 amide bonds. The molecule has 2 aliphatic heterocycles. The molecule has 3 rings (SSSR count). The number of halogens is 1. The van der Waals surface area contributed by atoms with Crippen molar-refractivity contribution in [1.29, 1.82) is 0 Å². The van der Waals surface area contributed by atoms with Crippen LogP contribution in [0.2, 0.25) is 0 Å². The molecule has 0 aromatic heterocycles. The lowest BCUT2D eigenvalue weighted by molar-refractivity contribution is -0.139. The van der Waals surface area contributed by atoms with E-state index < -0.39 is 5.82 Å². The van der Waals surface area contributed by atoms with Gasteiger partial charge in [0.1, 0.15) is 11.6 Å². The van der Waals surface area contributed by atoms with E-state index in [-0.39, 0.29) is 22.8 Å². The van der Waals surface area contributed by atoms with E-state index in [0.29, 0.717) is 45.0 Å². The number of carbonyl (C=O) groups is 2. The van der Waals surface area contributed by atoms with Gasteiger partial charge in [0.05, 0.1) is 19.3 Å². The quantitative estimate of drug-likeness (QED) is 0.789. The van der Waals surface area contributed by atoms with Crippen LogP contribution in [0.5, 0.6) is 5.75 Å². The monoisotopic (exact) mass is 378 g/mol. The zero-order valence-electron chi connectivity index (χ0n) is 16.0. The second-order valence-corrected chi connectivity index (χ2v) is 7.48. The molecule has 0 radical (unpaired) electrons. The van der Waals surface area contributed by atoms with Gasteiger partial charge in [-0.3, -0.25) is 9.59 Å². The van der Waals surface area contributed by atoms with E-state index in [1.807, 2.05) is 4.90 Å². The molecular weight excluding hydrogens is 351 g/mol. The number of piperidine rings is 2. The third-order valence-corrected chi connectivity index (χ3v) is 5.65. The number of hydrogen-bond acceptors (Lipinski definition) is 4. The molecule has 1 atom stereocenters. The highest BCUT2D eigenvalue weighted by Gasteiger charge is 2.43. The summed E-state index contributed by atoms with van der Waals surface area (Å²) < 4.78 is 24.0. The van der Waals surface area contributed by atoms with Crippen molar-refractivity contribution in [2.24, 2.45) is 5.41 Å². The van der Waals surface area contributed by atoms with Crippen molar-refractivity contribution in [3.63, 3.8) is 0 Å². The molecule has 2 heterocycles. The van der Waals surface area contributed by atoms with Crippen LogP contribution >= 0.6 is 0 Å². The van der Waals surface area contributed by atoms with Gasteiger partial charge in [-0.05, 0) is 37.5 Å². The number of benzene rings is 1. The first kappa shape index (κ1) is 19.6. The molecule has 1 aromatic rings. The van der Waals surface area contributed by atoms with Crippen molar-refractivity contribution in [3.8, 4) is 5.75 Å². The Labute approximate surface area is 159 Å². The van der Waals surface area contributed by atoms with Crippen LogP contribution in [-0.4, -0.2) is 68.6 Å². The fourth-order valence-electron chi connectivity index (χ4n) is 4.24. The lowest BCUT2D eigenvalue weighted by Crippen LogP contribution is -2.55. The minimum Gasteiger partial charge on any atom is -0.496 e. The zero-order valence-corrected chi connectivity index (χ0v) is 16.0. The number of amides is 2. The first-order valence-corrected chi connectivity index (χ1v) is 9.37. The number of nitrogens with zero attached hydrogens (tertiary/aromatic N) is 2. The molecule has 1 spiro atoms. The van der Waals surface area contributed by atoms with Gasteiger partial charge in [0.25, 0.3) is 5.91 Å². The molecule has 6 nitrogen and oxygen atoms in total. The Bertz CT molecular complexity index is 711. The normalized spacial score (nSPS) is 23.0. The van der Waals surface area contributed by atoms with Gasteiger partial charge in [0.15, 0.2) is 0 Å². The average molecular weight is 378 g/mol. The van der Waals surface area contributed by atoms with Gasteiger partial charge in [-0.25, -0.2) is 4.39 Å². The summed E-state index contributed by atoms with van der Waals surface area (Å²) in [7, 11) is 3.10. The van der Waals surface area contributed by atoms with E-state index in [1.165, 1.54) is 25.3 Å². The van der Waals surface area contributed by atoms with E-state index >= 15 is 0 Å². The molecule has 7 heteroatoms. The summed E-state index contributed by atoms with van der Waals surface area (Å²) in [5.74, 6) is -0.153. The van der Waals surface area contributed by atoms with Gasteiger partial charge in [0, 0.05) is 45.1 Å². The lowest BCUT2D eigenvalue weighted by atomic mass is 9.73. The van der Waals surface area contributed by atoms with Gasteiger partial charge < -0.3 is 19.3 Å². The van der Waals surface area contributed by atoms with Gasteiger partial charge in [-0.2, -0.15) is 0 Å². The Balaban J connectivity index is 1.76. The van der Waals surface area contributed by atoms with Crippen molar-refractivity contribution < 1.29 is 23.5 Å². The molecule has 0 bridgehead atoms.